The van der Waals surface area contributed by atoms with Gasteiger partial charge in [0.15, 0.2) is 0 Å². The molecule has 3 nitrogen and oxygen atoms in total. The molecule has 0 bridgehead atoms. The molecule has 1 aromatic heterocycles. The molecule has 1 aromatic rings. The largest absolute Gasteiger partial charge is 0.360 e. The molecule has 3 heteroatoms. The minimum Gasteiger partial charge on any atom is -0.360 e. The van der Waals surface area contributed by atoms with E-state index < -0.39 is 0 Å². The Kier molecular flexibility index (Phi) is 1.51. The van der Waals surface area contributed by atoms with Crippen molar-refractivity contribution in [2.24, 2.45) is 5.73 Å². The van der Waals surface area contributed by atoms with Gasteiger partial charge in [0.2, 0.25) is 0 Å². The molecule has 1 saturated carbocycles. The SMILES string of the molecule is Cc1noc(C2(CN)CC2)c1C. The molecule has 0 radical (unpaired) electrons. The summed E-state index contributed by atoms with van der Waals surface area (Å²) in [7, 11) is 0. The lowest BCUT2D eigenvalue weighted by Gasteiger charge is -2.07. The van der Waals surface area contributed by atoms with E-state index in [4.69, 9.17) is 10.3 Å². The third-order valence-electron chi connectivity index (χ3n) is 2.88. The first kappa shape index (κ1) is 7.80. The summed E-state index contributed by atoms with van der Waals surface area (Å²) in [6.45, 7) is 4.70. The minimum absolute atomic E-state index is 0.144. The van der Waals surface area contributed by atoms with E-state index >= 15 is 0 Å². The van der Waals surface area contributed by atoms with E-state index in [-0.39, 0.29) is 5.41 Å². The van der Waals surface area contributed by atoms with Crippen LogP contribution in [-0.2, 0) is 5.41 Å². The molecule has 0 amide bonds. The first-order valence-corrected chi connectivity index (χ1v) is 4.33. The van der Waals surface area contributed by atoms with Crippen LogP contribution in [-0.4, -0.2) is 11.7 Å². The average Bonchev–Trinajstić information content (AvgIpc) is 2.79. The molecule has 66 valence electrons. The summed E-state index contributed by atoms with van der Waals surface area (Å²) in [6, 6.07) is 0. The Morgan fingerprint density at radius 1 is 1.50 bits per heavy atom. The van der Waals surface area contributed by atoms with Gasteiger partial charge in [-0.1, -0.05) is 5.16 Å². The third-order valence-corrected chi connectivity index (χ3v) is 2.88. The Bertz CT molecular complexity index is 299. The average molecular weight is 166 g/mol. The number of aromatic nitrogens is 1. The first-order chi connectivity index (χ1) is 5.69. The van der Waals surface area contributed by atoms with Crippen molar-refractivity contribution < 1.29 is 4.52 Å². The highest BCUT2D eigenvalue weighted by atomic mass is 16.5. The smallest absolute Gasteiger partial charge is 0.147 e. The standard InChI is InChI=1S/C9H14N2O/c1-6-7(2)11-12-8(6)9(5-10)3-4-9/h3-5,10H2,1-2H3. The molecule has 12 heavy (non-hydrogen) atoms. The Morgan fingerprint density at radius 2 is 2.17 bits per heavy atom. The molecule has 0 aromatic carbocycles. The fourth-order valence-corrected chi connectivity index (χ4v) is 1.58. The van der Waals surface area contributed by atoms with Gasteiger partial charge in [0.25, 0.3) is 0 Å². The Labute approximate surface area is 71.9 Å². The van der Waals surface area contributed by atoms with Gasteiger partial charge in [-0.05, 0) is 26.7 Å². The number of aryl methyl sites for hydroxylation is 1. The molecule has 0 spiro atoms. The predicted molar refractivity (Wildman–Crippen MR) is 45.9 cm³/mol. The van der Waals surface area contributed by atoms with Gasteiger partial charge in [0, 0.05) is 17.5 Å². The highest BCUT2D eigenvalue weighted by Crippen LogP contribution is 2.48. The lowest BCUT2D eigenvalue weighted by atomic mass is 10.00. The highest BCUT2D eigenvalue weighted by molar-refractivity contribution is 5.32. The molecule has 1 aliphatic rings. The second-order valence-corrected chi connectivity index (χ2v) is 3.71. The first-order valence-electron chi connectivity index (χ1n) is 4.33. The Balaban J connectivity index is 2.40. The van der Waals surface area contributed by atoms with E-state index in [0.29, 0.717) is 6.54 Å². The van der Waals surface area contributed by atoms with Gasteiger partial charge >= 0.3 is 0 Å². The topological polar surface area (TPSA) is 52.0 Å². The van der Waals surface area contributed by atoms with E-state index in [0.717, 1.165) is 24.3 Å². The molecule has 0 saturated heterocycles. The lowest BCUT2D eigenvalue weighted by Crippen LogP contribution is -2.19. The molecule has 1 heterocycles. The van der Waals surface area contributed by atoms with Crippen LogP contribution in [0.15, 0.2) is 4.52 Å². The minimum atomic E-state index is 0.144. The zero-order chi connectivity index (χ0) is 8.77. The van der Waals surface area contributed by atoms with Crippen LogP contribution >= 0.6 is 0 Å². The molecular formula is C9H14N2O. The third kappa shape index (κ3) is 0.894. The Morgan fingerprint density at radius 3 is 2.50 bits per heavy atom. The van der Waals surface area contributed by atoms with Crippen molar-refractivity contribution in [2.45, 2.75) is 32.1 Å². The maximum absolute atomic E-state index is 5.69. The monoisotopic (exact) mass is 166 g/mol. The lowest BCUT2D eigenvalue weighted by molar-refractivity contribution is 0.350. The second-order valence-electron chi connectivity index (χ2n) is 3.71. The van der Waals surface area contributed by atoms with E-state index in [1.165, 1.54) is 5.56 Å². The molecule has 0 atom stereocenters. The van der Waals surface area contributed by atoms with Crippen molar-refractivity contribution >= 4 is 0 Å². The van der Waals surface area contributed by atoms with Gasteiger partial charge in [-0.15, -0.1) is 0 Å². The summed E-state index contributed by atoms with van der Waals surface area (Å²) >= 11 is 0. The summed E-state index contributed by atoms with van der Waals surface area (Å²) in [5.41, 5.74) is 8.00. The van der Waals surface area contributed by atoms with Crippen molar-refractivity contribution in [1.82, 2.24) is 5.16 Å². The van der Waals surface area contributed by atoms with E-state index in [9.17, 15) is 0 Å². The molecule has 2 N–H and O–H groups in total. The number of nitrogens with two attached hydrogens (primary N) is 1. The normalized spacial score (nSPS) is 19.6. The van der Waals surface area contributed by atoms with Crippen molar-refractivity contribution in [1.29, 1.82) is 0 Å². The second kappa shape index (κ2) is 2.33. The van der Waals surface area contributed by atoms with Crippen LogP contribution in [0.2, 0.25) is 0 Å². The highest BCUT2D eigenvalue weighted by Gasteiger charge is 2.47. The van der Waals surface area contributed by atoms with Gasteiger partial charge in [0.05, 0.1) is 5.69 Å². The van der Waals surface area contributed by atoms with Crippen LogP contribution in [0.4, 0.5) is 0 Å². The maximum atomic E-state index is 5.69. The van der Waals surface area contributed by atoms with Crippen molar-refractivity contribution in [2.75, 3.05) is 6.54 Å². The Hall–Kier alpha value is -0.830. The summed E-state index contributed by atoms with van der Waals surface area (Å²) in [4.78, 5) is 0. The number of rotatable bonds is 2. The summed E-state index contributed by atoms with van der Waals surface area (Å²) in [6.07, 6.45) is 2.30. The van der Waals surface area contributed by atoms with Crippen LogP contribution in [0.5, 0.6) is 0 Å². The van der Waals surface area contributed by atoms with Crippen LogP contribution < -0.4 is 5.73 Å². The van der Waals surface area contributed by atoms with Crippen LogP contribution in [0.1, 0.15) is 29.9 Å². The van der Waals surface area contributed by atoms with Gasteiger partial charge in [0.1, 0.15) is 5.76 Å². The molecule has 1 aliphatic carbocycles. The van der Waals surface area contributed by atoms with Crippen LogP contribution in [0.3, 0.4) is 0 Å². The molecular weight excluding hydrogens is 152 g/mol. The molecule has 0 unspecified atom stereocenters. The van der Waals surface area contributed by atoms with E-state index in [1.54, 1.807) is 0 Å². The van der Waals surface area contributed by atoms with Crippen molar-refractivity contribution in [3.05, 3.63) is 17.0 Å². The quantitative estimate of drug-likeness (QED) is 0.720. The number of hydrogen-bond donors (Lipinski definition) is 1. The van der Waals surface area contributed by atoms with Crippen LogP contribution in [0, 0.1) is 13.8 Å². The summed E-state index contributed by atoms with van der Waals surface area (Å²) in [5, 5.41) is 3.94. The van der Waals surface area contributed by atoms with Crippen molar-refractivity contribution in [3.8, 4) is 0 Å². The van der Waals surface area contributed by atoms with Gasteiger partial charge < -0.3 is 10.3 Å². The number of nitrogens with zero attached hydrogens (tertiary/aromatic N) is 1. The predicted octanol–water partition coefficient (Wildman–Crippen LogP) is 1.28. The van der Waals surface area contributed by atoms with E-state index in [1.807, 2.05) is 6.92 Å². The van der Waals surface area contributed by atoms with Gasteiger partial charge in [-0.2, -0.15) is 0 Å². The van der Waals surface area contributed by atoms with E-state index in [2.05, 4.69) is 12.1 Å². The fraction of sp³-hybridized carbons (Fsp3) is 0.667. The molecule has 2 rings (SSSR count). The summed E-state index contributed by atoms with van der Waals surface area (Å²) in [5.74, 6) is 1.02. The zero-order valence-electron chi connectivity index (χ0n) is 7.55. The molecule has 0 aliphatic heterocycles. The van der Waals surface area contributed by atoms with Crippen LogP contribution in [0.25, 0.3) is 0 Å². The number of hydrogen-bond acceptors (Lipinski definition) is 3. The van der Waals surface area contributed by atoms with Gasteiger partial charge in [-0.25, -0.2) is 0 Å². The maximum Gasteiger partial charge on any atom is 0.147 e. The van der Waals surface area contributed by atoms with Gasteiger partial charge in [-0.3, -0.25) is 0 Å². The zero-order valence-corrected chi connectivity index (χ0v) is 7.55. The molecule has 1 fully saturated rings. The van der Waals surface area contributed by atoms with Crippen molar-refractivity contribution in [3.63, 3.8) is 0 Å². The fourth-order valence-electron chi connectivity index (χ4n) is 1.58. The summed E-state index contributed by atoms with van der Waals surface area (Å²) < 4.78 is 5.28.